The smallest absolute Gasteiger partial charge is 0.256 e. The van der Waals surface area contributed by atoms with Crippen LogP contribution in [0.25, 0.3) is 0 Å². The Morgan fingerprint density at radius 3 is 2.73 bits per heavy atom. The number of amides is 1. The Bertz CT molecular complexity index is 643. The summed E-state index contributed by atoms with van der Waals surface area (Å²) in [5.74, 6) is -0.0230. The van der Waals surface area contributed by atoms with E-state index in [0.717, 1.165) is 29.4 Å². The molecule has 1 N–H and O–H groups in total. The highest BCUT2D eigenvalue weighted by molar-refractivity contribution is 8.13. The summed E-state index contributed by atoms with van der Waals surface area (Å²) in [6.45, 7) is 0.741. The molecular weight excluding hydrogens is 320 g/mol. The molecule has 0 aliphatic carbocycles. The molecule has 0 aromatic heterocycles. The van der Waals surface area contributed by atoms with Gasteiger partial charge in [0.15, 0.2) is 11.2 Å². The first-order valence-electron chi connectivity index (χ1n) is 7.05. The van der Waals surface area contributed by atoms with Gasteiger partial charge in [-0.2, -0.15) is 0 Å². The standard InChI is InChI=1S/C15H17ClN4OS/c1-20-14(21)12-13(19-15(20)22-2)17-8-7-11(18-12)9-3-5-10(16)6-4-9/h3-6,12-13,17H,7-8H2,1-2H3. The SMILES string of the molecule is CSC1=NC2NCCC(c3ccc(Cl)cc3)=NC2C(=O)N1C. The Labute approximate surface area is 138 Å². The van der Waals surface area contributed by atoms with E-state index in [0.29, 0.717) is 5.02 Å². The minimum absolute atomic E-state index is 0.0230. The van der Waals surface area contributed by atoms with Crippen LogP contribution in [-0.2, 0) is 4.79 Å². The number of aliphatic imine (C=N–C) groups is 2. The maximum absolute atomic E-state index is 12.6. The molecule has 0 fully saturated rings. The molecule has 0 saturated heterocycles. The number of hydrogen-bond donors (Lipinski definition) is 1. The van der Waals surface area contributed by atoms with E-state index >= 15 is 0 Å². The van der Waals surface area contributed by atoms with Crippen molar-refractivity contribution in [3.63, 3.8) is 0 Å². The number of halogens is 1. The van der Waals surface area contributed by atoms with Crippen LogP contribution in [-0.4, -0.2) is 53.7 Å². The fourth-order valence-corrected chi connectivity index (χ4v) is 3.32. The fraction of sp³-hybridized carbons (Fsp3) is 0.400. The molecule has 22 heavy (non-hydrogen) atoms. The zero-order chi connectivity index (χ0) is 15.7. The number of nitrogens with zero attached hydrogens (tertiary/aromatic N) is 3. The van der Waals surface area contributed by atoms with E-state index in [1.807, 2.05) is 30.5 Å². The molecule has 1 amide bonds. The minimum Gasteiger partial charge on any atom is -0.293 e. The number of likely N-dealkylation sites (N-methyl/N-ethyl adjacent to an activating group) is 1. The molecule has 2 aliphatic heterocycles. The lowest BCUT2D eigenvalue weighted by atomic mass is 10.1. The minimum atomic E-state index is -0.505. The molecule has 116 valence electrons. The third kappa shape index (κ3) is 2.91. The molecule has 0 saturated carbocycles. The van der Waals surface area contributed by atoms with Crippen molar-refractivity contribution < 1.29 is 4.79 Å². The monoisotopic (exact) mass is 336 g/mol. The molecule has 1 aromatic rings. The quantitative estimate of drug-likeness (QED) is 0.853. The first kappa shape index (κ1) is 15.5. The van der Waals surface area contributed by atoms with Gasteiger partial charge in [-0.1, -0.05) is 35.5 Å². The summed E-state index contributed by atoms with van der Waals surface area (Å²) in [6, 6.07) is 7.06. The number of hydrogen-bond acceptors (Lipinski definition) is 5. The molecule has 0 spiro atoms. The topological polar surface area (TPSA) is 57.1 Å². The summed E-state index contributed by atoms with van der Waals surface area (Å²) in [7, 11) is 1.75. The number of rotatable bonds is 1. The van der Waals surface area contributed by atoms with Gasteiger partial charge in [0, 0.05) is 30.7 Å². The van der Waals surface area contributed by atoms with Crippen molar-refractivity contribution in [3.8, 4) is 0 Å². The lowest BCUT2D eigenvalue weighted by molar-refractivity contribution is -0.128. The third-order valence-electron chi connectivity index (χ3n) is 3.79. The van der Waals surface area contributed by atoms with Crippen molar-refractivity contribution in [2.45, 2.75) is 18.6 Å². The molecule has 7 heteroatoms. The second-order valence-corrected chi connectivity index (χ2v) is 6.40. The van der Waals surface area contributed by atoms with E-state index in [9.17, 15) is 4.79 Å². The van der Waals surface area contributed by atoms with Gasteiger partial charge in [0.05, 0.1) is 0 Å². The van der Waals surface area contributed by atoms with Gasteiger partial charge in [-0.25, -0.2) is 4.99 Å². The van der Waals surface area contributed by atoms with E-state index in [4.69, 9.17) is 16.6 Å². The van der Waals surface area contributed by atoms with Gasteiger partial charge in [0.2, 0.25) is 0 Å². The number of carbonyl (C=O) groups excluding carboxylic acids is 1. The lowest BCUT2D eigenvalue weighted by Crippen LogP contribution is -2.53. The Morgan fingerprint density at radius 2 is 2.05 bits per heavy atom. The Kier molecular flexibility index (Phi) is 4.52. The Morgan fingerprint density at radius 1 is 1.32 bits per heavy atom. The maximum atomic E-state index is 12.6. The molecule has 0 bridgehead atoms. The van der Waals surface area contributed by atoms with E-state index in [1.165, 1.54) is 11.8 Å². The van der Waals surface area contributed by atoms with Crippen LogP contribution >= 0.6 is 23.4 Å². The summed E-state index contributed by atoms with van der Waals surface area (Å²) < 4.78 is 0. The first-order valence-corrected chi connectivity index (χ1v) is 8.66. The van der Waals surface area contributed by atoms with Gasteiger partial charge in [0.1, 0.15) is 6.17 Å². The van der Waals surface area contributed by atoms with Crippen molar-refractivity contribution in [1.29, 1.82) is 0 Å². The van der Waals surface area contributed by atoms with Crippen LogP contribution in [0.3, 0.4) is 0 Å². The number of carbonyl (C=O) groups is 1. The van der Waals surface area contributed by atoms with E-state index < -0.39 is 6.04 Å². The van der Waals surface area contributed by atoms with Gasteiger partial charge in [-0.3, -0.25) is 20.0 Å². The Balaban J connectivity index is 1.96. The lowest BCUT2D eigenvalue weighted by Gasteiger charge is -2.31. The summed E-state index contributed by atoms with van der Waals surface area (Å²) in [4.78, 5) is 23.5. The highest BCUT2D eigenvalue weighted by Crippen LogP contribution is 2.21. The highest BCUT2D eigenvalue weighted by Gasteiger charge is 2.37. The number of amidine groups is 1. The van der Waals surface area contributed by atoms with Crippen LogP contribution < -0.4 is 5.32 Å². The summed E-state index contributed by atoms with van der Waals surface area (Å²) >= 11 is 7.41. The average molecular weight is 337 g/mol. The van der Waals surface area contributed by atoms with Crippen LogP contribution in [0.1, 0.15) is 12.0 Å². The average Bonchev–Trinajstić information content (AvgIpc) is 2.74. The van der Waals surface area contributed by atoms with Crippen LogP contribution in [0.5, 0.6) is 0 Å². The zero-order valence-corrected chi connectivity index (χ0v) is 14.0. The number of thioether (sulfide) groups is 1. The van der Waals surface area contributed by atoms with Crippen molar-refractivity contribution in [2.24, 2.45) is 9.98 Å². The second kappa shape index (κ2) is 6.40. The van der Waals surface area contributed by atoms with Crippen LogP contribution in [0, 0.1) is 0 Å². The molecular formula is C15H17ClN4OS. The van der Waals surface area contributed by atoms with Crippen molar-refractivity contribution in [2.75, 3.05) is 19.8 Å². The number of fused-ring (bicyclic) bond motifs is 1. The van der Waals surface area contributed by atoms with E-state index in [-0.39, 0.29) is 12.1 Å². The van der Waals surface area contributed by atoms with Gasteiger partial charge in [-0.15, -0.1) is 0 Å². The molecule has 2 unspecified atom stereocenters. The summed E-state index contributed by atoms with van der Waals surface area (Å²) in [5, 5.41) is 4.74. The third-order valence-corrected chi connectivity index (χ3v) is 4.79. The van der Waals surface area contributed by atoms with Gasteiger partial charge < -0.3 is 0 Å². The molecule has 2 atom stereocenters. The molecule has 5 nitrogen and oxygen atoms in total. The first-order chi connectivity index (χ1) is 10.6. The predicted molar refractivity (Wildman–Crippen MR) is 91.9 cm³/mol. The van der Waals surface area contributed by atoms with Crippen molar-refractivity contribution in [1.82, 2.24) is 10.2 Å². The molecule has 2 heterocycles. The van der Waals surface area contributed by atoms with Gasteiger partial charge in [-0.05, 0) is 24.0 Å². The zero-order valence-electron chi connectivity index (χ0n) is 12.4. The largest absolute Gasteiger partial charge is 0.293 e. The van der Waals surface area contributed by atoms with E-state index in [1.54, 1.807) is 11.9 Å². The van der Waals surface area contributed by atoms with E-state index in [2.05, 4.69) is 10.3 Å². The molecule has 2 aliphatic rings. The molecule has 1 aromatic carbocycles. The number of nitrogens with one attached hydrogen (secondary N) is 1. The van der Waals surface area contributed by atoms with Crippen LogP contribution in [0.15, 0.2) is 34.3 Å². The Hall–Kier alpha value is -1.37. The van der Waals surface area contributed by atoms with Gasteiger partial charge in [0.25, 0.3) is 5.91 Å². The second-order valence-electron chi connectivity index (χ2n) is 5.19. The number of benzene rings is 1. The molecule has 3 rings (SSSR count). The highest BCUT2D eigenvalue weighted by atomic mass is 35.5. The van der Waals surface area contributed by atoms with Gasteiger partial charge >= 0.3 is 0 Å². The predicted octanol–water partition coefficient (Wildman–Crippen LogP) is 2.01. The molecule has 0 radical (unpaired) electrons. The normalized spacial score (nSPS) is 25.2. The maximum Gasteiger partial charge on any atom is 0.256 e. The fourth-order valence-electron chi connectivity index (χ4n) is 2.61. The summed E-state index contributed by atoms with van der Waals surface area (Å²) in [6.07, 6.45) is 2.40. The van der Waals surface area contributed by atoms with Crippen LogP contribution in [0.2, 0.25) is 5.02 Å². The summed E-state index contributed by atoms with van der Waals surface area (Å²) in [5.41, 5.74) is 1.92. The van der Waals surface area contributed by atoms with Crippen molar-refractivity contribution in [3.05, 3.63) is 34.9 Å². The van der Waals surface area contributed by atoms with Crippen molar-refractivity contribution >= 4 is 40.1 Å². The van der Waals surface area contributed by atoms with Crippen LogP contribution in [0.4, 0.5) is 0 Å².